The van der Waals surface area contributed by atoms with Gasteiger partial charge in [-0.05, 0) is 35.7 Å². The van der Waals surface area contributed by atoms with Gasteiger partial charge in [0.1, 0.15) is 5.82 Å². The second kappa shape index (κ2) is 7.87. The second-order valence-corrected chi connectivity index (χ2v) is 6.57. The third kappa shape index (κ3) is 4.23. The van der Waals surface area contributed by atoms with Crippen LogP contribution in [-0.4, -0.2) is 15.9 Å². The summed E-state index contributed by atoms with van der Waals surface area (Å²) in [6.45, 7) is 0. The molecule has 0 aliphatic heterocycles. The number of para-hydroxylation sites is 3. The fourth-order valence-corrected chi connectivity index (χ4v) is 3.18. The molecular weight excluding hydrogens is 334 g/mol. The maximum Gasteiger partial charge on any atom is 0.224 e. The summed E-state index contributed by atoms with van der Waals surface area (Å²) < 4.78 is 0. The predicted octanol–water partition coefficient (Wildman–Crippen LogP) is 4.73. The average molecular weight is 355 g/mol. The van der Waals surface area contributed by atoms with Crippen molar-refractivity contribution >= 4 is 22.6 Å². The molecule has 4 rings (SSSR count). The van der Waals surface area contributed by atoms with Crippen molar-refractivity contribution in [2.24, 2.45) is 0 Å². The molecule has 1 aromatic heterocycles. The third-order valence-corrected chi connectivity index (χ3v) is 4.56. The summed E-state index contributed by atoms with van der Waals surface area (Å²) >= 11 is 0. The Morgan fingerprint density at radius 2 is 1.63 bits per heavy atom. The Labute approximate surface area is 158 Å². The molecule has 4 aromatic rings. The highest BCUT2D eigenvalue weighted by molar-refractivity contribution is 5.91. The molecule has 0 saturated heterocycles. The Kier molecular flexibility index (Phi) is 4.97. The highest BCUT2D eigenvalue weighted by Crippen LogP contribution is 2.19. The number of carbonyl (C=O) groups excluding carboxylic acids is 1. The van der Waals surface area contributed by atoms with Crippen LogP contribution in [0.25, 0.3) is 11.0 Å². The van der Waals surface area contributed by atoms with E-state index in [1.165, 1.54) is 5.56 Å². The maximum atomic E-state index is 12.5. The van der Waals surface area contributed by atoms with Gasteiger partial charge in [0.2, 0.25) is 5.91 Å². The molecule has 4 heteroatoms. The lowest BCUT2D eigenvalue weighted by Crippen LogP contribution is -2.14. The molecule has 0 radical (unpaired) electrons. The fraction of sp³-hybridized carbons (Fsp3) is 0.130. The summed E-state index contributed by atoms with van der Waals surface area (Å²) in [5.74, 6) is 0.833. The van der Waals surface area contributed by atoms with E-state index in [4.69, 9.17) is 0 Å². The zero-order chi connectivity index (χ0) is 18.5. The molecule has 4 nitrogen and oxygen atoms in total. The first-order chi connectivity index (χ1) is 13.3. The predicted molar refractivity (Wildman–Crippen MR) is 109 cm³/mol. The van der Waals surface area contributed by atoms with Gasteiger partial charge in [0.05, 0.1) is 11.0 Å². The number of anilines is 1. The summed E-state index contributed by atoms with van der Waals surface area (Å²) in [4.78, 5) is 20.3. The van der Waals surface area contributed by atoms with E-state index in [0.717, 1.165) is 34.5 Å². The molecule has 3 aromatic carbocycles. The molecule has 0 bridgehead atoms. The number of fused-ring (bicyclic) bond motifs is 1. The minimum absolute atomic E-state index is 0.00373. The molecule has 0 atom stereocenters. The normalized spacial score (nSPS) is 10.8. The fourth-order valence-electron chi connectivity index (χ4n) is 3.18. The lowest BCUT2D eigenvalue weighted by atomic mass is 10.0. The van der Waals surface area contributed by atoms with Crippen LogP contribution in [0.15, 0.2) is 78.9 Å². The molecule has 134 valence electrons. The van der Waals surface area contributed by atoms with Crippen molar-refractivity contribution in [2.45, 2.75) is 19.3 Å². The zero-order valence-corrected chi connectivity index (χ0v) is 15.0. The Morgan fingerprint density at radius 1 is 0.889 bits per heavy atom. The SMILES string of the molecule is O=C(CCc1nc2ccccc2[nH]1)Nc1ccccc1Cc1ccccc1. The van der Waals surface area contributed by atoms with Gasteiger partial charge in [-0.2, -0.15) is 0 Å². The van der Waals surface area contributed by atoms with Crippen molar-refractivity contribution in [1.29, 1.82) is 0 Å². The minimum atomic E-state index is -0.00373. The number of H-pyrrole nitrogens is 1. The Hall–Kier alpha value is -3.40. The number of benzene rings is 3. The second-order valence-electron chi connectivity index (χ2n) is 6.57. The van der Waals surface area contributed by atoms with Crippen molar-refractivity contribution in [1.82, 2.24) is 9.97 Å². The minimum Gasteiger partial charge on any atom is -0.342 e. The van der Waals surface area contributed by atoms with Gasteiger partial charge in [-0.15, -0.1) is 0 Å². The van der Waals surface area contributed by atoms with E-state index in [2.05, 4.69) is 33.5 Å². The zero-order valence-electron chi connectivity index (χ0n) is 15.0. The van der Waals surface area contributed by atoms with Gasteiger partial charge in [-0.25, -0.2) is 4.98 Å². The van der Waals surface area contributed by atoms with Crippen molar-refractivity contribution in [3.63, 3.8) is 0 Å². The van der Waals surface area contributed by atoms with Crippen LogP contribution < -0.4 is 5.32 Å². The first kappa shape index (κ1) is 17.0. The van der Waals surface area contributed by atoms with Crippen LogP contribution >= 0.6 is 0 Å². The summed E-state index contributed by atoms with van der Waals surface area (Å²) in [6, 6.07) is 26.1. The number of carbonyl (C=O) groups is 1. The number of nitrogens with zero attached hydrogens (tertiary/aromatic N) is 1. The van der Waals surface area contributed by atoms with Crippen LogP contribution in [0.4, 0.5) is 5.69 Å². The van der Waals surface area contributed by atoms with E-state index in [-0.39, 0.29) is 5.91 Å². The highest BCUT2D eigenvalue weighted by Gasteiger charge is 2.09. The molecular formula is C23H21N3O. The lowest BCUT2D eigenvalue weighted by Gasteiger charge is -2.11. The molecule has 27 heavy (non-hydrogen) atoms. The summed E-state index contributed by atoms with van der Waals surface area (Å²) in [5, 5.41) is 3.05. The van der Waals surface area contributed by atoms with Gasteiger partial charge in [-0.3, -0.25) is 4.79 Å². The molecule has 2 N–H and O–H groups in total. The molecule has 0 fully saturated rings. The van der Waals surface area contributed by atoms with Gasteiger partial charge in [0.15, 0.2) is 0 Å². The molecule has 1 amide bonds. The van der Waals surface area contributed by atoms with Crippen LogP contribution in [0.3, 0.4) is 0 Å². The topological polar surface area (TPSA) is 57.8 Å². The smallest absolute Gasteiger partial charge is 0.224 e. The quantitative estimate of drug-likeness (QED) is 0.525. The summed E-state index contributed by atoms with van der Waals surface area (Å²) in [6.07, 6.45) is 1.77. The van der Waals surface area contributed by atoms with Crippen LogP contribution in [0.2, 0.25) is 0 Å². The van der Waals surface area contributed by atoms with Crippen LogP contribution in [0.1, 0.15) is 23.4 Å². The standard InChI is InChI=1S/C23H21N3O/c27-23(15-14-22-24-20-12-6-7-13-21(20)25-22)26-19-11-5-4-10-18(19)16-17-8-2-1-3-9-17/h1-13H,14-16H2,(H,24,25)(H,26,27). The Balaban J connectivity index is 1.40. The van der Waals surface area contributed by atoms with Crippen LogP contribution in [0, 0.1) is 0 Å². The van der Waals surface area contributed by atoms with E-state index in [1.54, 1.807) is 0 Å². The number of aryl methyl sites for hydroxylation is 1. The maximum absolute atomic E-state index is 12.5. The first-order valence-electron chi connectivity index (χ1n) is 9.13. The van der Waals surface area contributed by atoms with E-state index >= 15 is 0 Å². The number of hydrogen-bond donors (Lipinski definition) is 2. The van der Waals surface area contributed by atoms with Gasteiger partial charge >= 0.3 is 0 Å². The molecule has 0 aliphatic rings. The van der Waals surface area contributed by atoms with Crippen molar-refractivity contribution in [2.75, 3.05) is 5.32 Å². The lowest BCUT2D eigenvalue weighted by molar-refractivity contribution is -0.116. The number of amides is 1. The first-order valence-corrected chi connectivity index (χ1v) is 9.13. The molecule has 1 heterocycles. The number of aromatic amines is 1. The van der Waals surface area contributed by atoms with Crippen molar-refractivity contribution in [3.8, 4) is 0 Å². The Bertz CT molecular complexity index is 1020. The monoisotopic (exact) mass is 355 g/mol. The number of nitrogens with one attached hydrogen (secondary N) is 2. The van der Waals surface area contributed by atoms with Crippen molar-refractivity contribution < 1.29 is 4.79 Å². The van der Waals surface area contributed by atoms with Gasteiger partial charge in [0, 0.05) is 18.5 Å². The van der Waals surface area contributed by atoms with E-state index in [0.29, 0.717) is 12.8 Å². The van der Waals surface area contributed by atoms with Crippen LogP contribution in [0.5, 0.6) is 0 Å². The third-order valence-electron chi connectivity index (χ3n) is 4.56. The van der Waals surface area contributed by atoms with E-state index in [1.807, 2.05) is 60.7 Å². The molecule has 0 unspecified atom stereocenters. The van der Waals surface area contributed by atoms with Crippen molar-refractivity contribution in [3.05, 3.63) is 95.8 Å². The summed E-state index contributed by atoms with van der Waals surface area (Å²) in [7, 11) is 0. The number of aromatic nitrogens is 2. The molecule has 0 saturated carbocycles. The van der Waals surface area contributed by atoms with E-state index < -0.39 is 0 Å². The van der Waals surface area contributed by atoms with Gasteiger partial charge < -0.3 is 10.3 Å². The van der Waals surface area contributed by atoms with E-state index in [9.17, 15) is 4.79 Å². The molecule has 0 aliphatic carbocycles. The summed E-state index contributed by atoms with van der Waals surface area (Å²) in [5.41, 5.74) is 5.14. The van der Waals surface area contributed by atoms with Gasteiger partial charge in [-0.1, -0.05) is 60.7 Å². The number of imidazole rings is 1. The largest absolute Gasteiger partial charge is 0.342 e. The number of rotatable bonds is 6. The number of hydrogen-bond acceptors (Lipinski definition) is 2. The average Bonchev–Trinajstić information content (AvgIpc) is 3.12. The van der Waals surface area contributed by atoms with Crippen LogP contribution in [-0.2, 0) is 17.6 Å². The highest BCUT2D eigenvalue weighted by atomic mass is 16.1. The van der Waals surface area contributed by atoms with Gasteiger partial charge in [0.25, 0.3) is 0 Å². The molecule has 0 spiro atoms. The Morgan fingerprint density at radius 3 is 2.48 bits per heavy atom.